The van der Waals surface area contributed by atoms with Gasteiger partial charge in [0.15, 0.2) is 0 Å². The minimum atomic E-state index is -0.726. The number of nitro benzene ring substituents is 1. The number of nitrogens with zero attached hydrogens (tertiary/aromatic N) is 1. The maximum Gasteiger partial charge on any atom is 0.272 e. The summed E-state index contributed by atoms with van der Waals surface area (Å²) in [6.45, 7) is 0.0131. The molecule has 0 heterocycles. The molecule has 0 saturated carbocycles. The predicted octanol–water partition coefficient (Wildman–Crippen LogP) is 4.14. The Hall–Kier alpha value is -2.21. The molecule has 0 spiro atoms. The second-order valence-corrected chi connectivity index (χ2v) is 4.43. The van der Waals surface area contributed by atoms with Crippen LogP contribution in [0.5, 0.6) is 0 Å². The molecule has 0 aliphatic heterocycles. The van der Waals surface area contributed by atoms with Gasteiger partial charge >= 0.3 is 0 Å². The fourth-order valence-electron chi connectivity index (χ4n) is 1.70. The average Bonchev–Trinajstić information content (AvgIpc) is 2.37. The van der Waals surface area contributed by atoms with E-state index >= 15 is 0 Å². The number of benzene rings is 2. The zero-order valence-electron chi connectivity index (χ0n) is 10.1. The van der Waals surface area contributed by atoms with Gasteiger partial charge in [0.25, 0.3) is 5.69 Å². The Morgan fingerprint density at radius 1 is 1.25 bits per heavy atom. The third-order valence-corrected chi connectivity index (χ3v) is 2.90. The number of anilines is 1. The molecule has 0 aliphatic rings. The SMILES string of the molecule is O=[N+]([O-])c1cc(F)cc(CNc2c(F)cccc2Cl)c1. The van der Waals surface area contributed by atoms with Crippen molar-refractivity contribution in [2.75, 3.05) is 5.32 Å². The molecule has 2 rings (SSSR count). The molecule has 0 atom stereocenters. The fourth-order valence-corrected chi connectivity index (χ4v) is 1.93. The molecule has 0 saturated heterocycles. The number of nitrogens with one attached hydrogen (secondary N) is 1. The number of hydrogen-bond acceptors (Lipinski definition) is 3. The largest absolute Gasteiger partial charge is 0.377 e. The molecule has 20 heavy (non-hydrogen) atoms. The van der Waals surface area contributed by atoms with E-state index in [-0.39, 0.29) is 22.9 Å². The van der Waals surface area contributed by atoms with Crippen molar-refractivity contribution in [2.24, 2.45) is 0 Å². The maximum atomic E-state index is 13.5. The van der Waals surface area contributed by atoms with E-state index in [4.69, 9.17) is 11.6 Å². The molecular formula is C13H9ClF2N2O2. The summed E-state index contributed by atoms with van der Waals surface area (Å²) >= 11 is 5.82. The van der Waals surface area contributed by atoms with Crippen LogP contribution in [0.2, 0.25) is 5.02 Å². The molecule has 0 aromatic heterocycles. The van der Waals surface area contributed by atoms with Gasteiger partial charge in [-0.1, -0.05) is 17.7 Å². The van der Waals surface area contributed by atoms with Gasteiger partial charge in [-0.3, -0.25) is 10.1 Å². The van der Waals surface area contributed by atoms with E-state index in [9.17, 15) is 18.9 Å². The number of nitro groups is 1. The topological polar surface area (TPSA) is 55.2 Å². The van der Waals surface area contributed by atoms with Gasteiger partial charge in [-0.25, -0.2) is 8.78 Å². The molecule has 0 aliphatic carbocycles. The Labute approximate surface area is 118 Å². The van der Waals surface area contributed by atoms with E-state index in [2.05, 4.69) is 5.32 Å². The van der Waals surface area contributed by atoms with E-state index < -0.39 is 16.6 Å². The lowest BCUT2D eigenvalue weighted by molar-refractivity contribution is -0.385. The highest BCUT2D eigenvalue weighted by Gasteiger charge is 2.11. The second kappa shape index (κ2) is 5.83. The summed E-state index contributed by atoms with van der Waals surface area (Å²) in [6.07, 6.45) is 0. The van der Waals surface area contributed by atoms with Crippen molar-refractivity contribution < 1.29 is 13.7 Å². The van der Waals surface area contributed by atoms with Crippen LogP contribution in [0.15, 0.2) is 36.4 Å². The normalized spacial score (nSPS) is 10.3. The van der Waals surface area contributed by atoms with Gasteiger partial charge in [-0.2, -0.15) is 0 Å². The maximum absolute atomic E-state index is 13.5. The van der Waals surface area contributed by atoms with Gasteiger partial charge in [0.2, 0.25) is 0 Å². The van der Waals surface area contributed by atoms with Crippen molar-refractivity contribution in [3.63, 3.8) is 0 Å². The van der Waals surface area contributed by atoms with Gasteiger partial charge in [0.05, 0.1) is 21.7 Å². The first-order chi connectivity index (χ1) is 9.47. The fraction of sp³-hybridized carbons (Fsp3) is 0.0769. The standard InChI is InChI=1S/C13H9ClF2N2O2/c14-11-2-1-3-12(16)13(11)17-7-8-4-9(15)6-10(5-8)18(19)20/h1-6,17H,7H2. The molecule has 1 N–H and O–H groups in total. The summed E-state index contributed by atoms with van der Waals surface area (Å²) in [4.78, 5) is 9.93. The molecule has 0 radical (unpaired) electrons. The predicted molar refractivity (Wildman–Crippen MR) is 71.8 cm³/mol. The Balaban J connectivity index is 2.21. The highest BCUT2D eigenvalue weighted by atomic mass is 35.5. The van der Waals surface area contributed by atoms with E-state index in [0.29, 0.717) is 5.56 Å². The van der Waals surface area contributed by atoms with E-state index in [1.807, 2.05) is 0 Å². The van der Waals surface area contributed by atoms with Crippen LogP contribution in [0, 0.1) is 21.7 Å². The molecule has 0 bridgehead atoms. The Bertz CT molecular complexity index is 645. The number of para-hydroxylation sites is 1. The van der Waals surface area contributed by atoms with Crippen LogP contribution in [0.25, 0.3) is 0 Å². The van der Waals surface area contributed by atoms with Crippen molar-refractivity contribution in [1.82, 2.24) is 0 Å². The number of halogens is 3. The lowest BCUT2D eigenvalue weighted by Crippen LogP contribution is -2.03. The van der Waals surface area contributed by atoms with Crippen molar-refractivity contribution in [3.05, 3.63) is 68.7 Å². The zero-order chi connectivity index (χ0) is 14.7. The zero-order valence-corrected chi connectivity index (χ0v) is 10.8. The molecule has 0 unspecified atom stereocenters. The molecule has 0 amide bonds. The van der Waals surface area contributed by atoms with Crippen LogP contribution in [0.3, 0.4) is 0 Å². The first-order valence-corrected chi connectivity index (χ1v) is 5.97. The molecule has 104 valence electrons. The summed E-state index contributed by atoms with van der Waals surface area (Å²) in [6, 6.07) is 7.35. The lowest BCUT2D eigenvalue weighted by Gasteiger charge is -2.09. The van der Waals surface area contributed by atoms with Crippen LogP contribution in [-0.4, -0.2) is 4.92 Å². The van der Waals surface area contributed by atoms with Gasteiger partial charge in [0.1, 0.15) is 11.6 Å². The lowest BCUT2D eigenvalue weighted by atomic mass is 10.2. The van der Waals surface area contributed by atoms with Crippen LogP contribution in [0.4, 0.5) is 20.2 Å². The summed E-state index contributed by atoms with van der Waals surface area (Å²) in [5, 5.41) is 13.5. The van der Waals surface area contributed by atoms with Crippen molar-refractivity contribution in [3.8, 4) is 0 Å². The Morgan fingerprint density at radius 3 is 2.65 bits per heavy atom. The van der Waals surface area contributed by atoms with E-state index in [1.54, 1.807) is 0 Å². The smallest absolute Gasteiger partial charge is 0.272 e. The monoisotopic (exact) mass is 298 g/mol. The van der Waals surface area contributed by atoms with Gasteiger partial charge in [-0.15, -0.1) is 0 Å². The van der Waals surface area contributed by atoms with Crippen molar-refractivity contribution >= 4 is 23.0 Å². The highest BCUT2D eigenvalue weighted by Crippen LogP contribution is 2.25. The van der Waals surface area contributed by atoms with Crippen molar-refractivity contribution in [2.45, 2.75) is 6.54 Å². The number of hydrogen-bond donors (Lipinski definition) is 1. The van der Waals surface area contributed by atoms with Crippen LogP contribution >= 0.6 is 11.6 Å². The molecule has 0 fully saturated rings. The Morgan fingerprint density at radius 2 is 2.00 bits per heavy atom. The summed E-state index contributed by atoms with van der Waals surface area (Å²) in [5.41, 5.74) is 0.0264. The minimum Gasteiger partial charge on any atom is -0.377 e. The van der Waals surface area contributed by atoms with Crippen LogP contribution in [-0.2, 0) is 6.54 Å². The van der Waals surface area contributed by atoms with Gasteiger partial charge in [0, 0.05) is 12.6 Å². The third-order valence-electron chi connectivity index (χ3n) is 2.59. The van der Waals surface area contributed by atoms with Crippen LogP contribution < -0.4 is 5.32 Å². The molecule has 4 nitrogen and oxygen atoms in total. The average molecular weight is 299 g/mol. The minimum absolute atomic E-state index is 0.0131. The molecular weight excluding hydrogens is 290 g/mol. The van der Waals surface area contributed by atoms with Gasteiger partial charge in [-0.05, 0) is 23.8 Å². The van der Waals surface area contributed by atoms with Crippen molar-refractivity contribution in [1.29, 1.82) is 0 Å². The highest BCUT2D eigenvalue weighted by molar-refractivity contribution is 6.33. The summed E-state index contributed by atoms with van der Waals surface area (Å²) in [5.74, 6) is -1.28. The molecule has 7 heteroatoms. The molecule has 2 aromatic rings. The third kappa shape index (κ3) is 3.21. The second-order valence-electron chi connectivity index (χ2n) is 4.02. The van der Waals surface area contributed by atoms with E-state index in [1.165, 1.54) is 24.3 Å². The number of rotatable bonds is 4. The summed E-state index contributed by atoms with van der Waals surface area (Å²) in [7, 11) is 0. The molecule has 2 aromatic carbocycles. The van der Waals surface area contributed by atoms with Crippen LogP contribution in [0.1, 0.15) is 5.56 Å². The first-order valence-electron chi connectivity index (χ1n) is 5.59. The first kappa shape index (κ1) is 14.2. The number of non-ortho nitro benzene ring substituents is 1. The quantitative estimate of drug-likeness (QED) is 0.682. The van der Waals surface area contributed by atoms with E-state index in [0.717, 1.165) is 12.1 Å². The van der Waals surface area contributed by atoms with Gasteiger partial charge < -0.3 is 5.32 Å². The summed E-state index contributed by atoms with van der Waals surface area (Å²) < 4.78 is 26.8. The Kier molecular flexibility index (Phi) is 4.14.